The van der Waals surface area contributed by atoms with E-state index in [0.29, 0.717) is 35.0 Å². The van der Waals surface area contributed by atoms with Gasteiger partial charge in [0.2, 0.25) is 0 Å². The maximum atomic E-state index is 13.2. The standard InChI is InChI=1S/C26H26N2O5S/c1-25(2)18-12-13-26(25,22(29)15-18)16-34(31,32)33-21-11-10-20(23-19(21)9-6-14-27-23)28-24(30)17-7-4-3-5-8-17/h3-11,14,18H,12-13,15-16H2,1-2H3,(H,28,30)/t18-,26-/m1/s1. The number of pyridine rings is 1. The largest absolute Gasteiger partial charge is 0.382 e. The lowest BCUT2D eigenvalue weighted by molar-refractivity contribution is -0.128. The highest BCUT2D eigenvalue weighted by Gasteiger charge is 2.65. The first-order valence-corrected chi connectivity index (χ1v) is 12.9. The smallest absolute Gasteiger partial charge is 0.310 e. The maximum absolute atomic E-state index is 13.2. The molecule has 0 spiro atoms. The number of carbonyl (C=O) groups is 2. The fourth-order valence-electron chi connectivity index (χ4n) is 5.68. The van der Waals surface area contributed by atoms with Gasteiger partial charge in [0.05, 0.1) is 22.4 Å². The monoisotopic (exact) mass is 478 g/mol. The van der Waals surface area contributed by atoms with E-state index >= 15 is 0 Å². The number of anilines is 1. The first-order valence-electron chi connectivity index (χ1n) is 11.3. The Balaban J connectivity index is 1.44. The summed E-state index contributed by atoms with van der Waals surface area (Å²) in [7, 11) is -4.07. The molecule has 2 aliphatic carbocycles. The van der Waals surface area contributed by atoms with Crippen molar-refractivity contribution >= 4 is 38.4 Å². The van der Waals surface area contributed by atoms with Gasteiger partial charge in [-0.15, -0.1) is 0 Å². The number of aromatic nitrogens is 1. The van der Waals surface area contributed by atoms with Gasteiger partial charge in [0.25, 0.3) is 5.91 Å². The Morgan fingerprint density at radius 2 is 1.88 bits per heavy atom. The molecule has 0 aliphatic heterocycles. The van der Waals surface area contributed by atoms with Crippen molar-refractivity contribution in [2.75, 3.05) is 11.1 Å². The Labute approximate surface area is 198 Å². The van der Waals surface area contributed by atoms with Crippen molar-refractivity contribution in [1.82, 2.24) is 4.98 Å². The molecule has 1 aromatic heterocycles. The molecule has 2 aromatic carbocycles. The van der Waals surface area contributed by atoms with Crippen LogP contribution in [0.15, 0.2) is 60.8 Å². The van der Waals surface area contributed by atoms with Crippen molar-refractivity contribution < 1.29 is 22.2 Å². The van der Waals surface area contributed by atoms with Gasteiger partial charge in [-0.05, 0) is 60.6 Å². The molecule has 0 saturated heterocycles. The minimum Gasteiger partial charge on any atom is -0.382 e. The van der Waals surface area contributed by atoms with Crippen LogP contribution in [0.25, 0.3) is 10.9 Å². The van der Waals surface area contributed by atoms with Gasteiger partial charge in [0.15, 0.2) is 5.75 Å². The molecule has 1 heterocycles. The second-order valence-corrected chi connectivity index (χ2v) is 11.4. The molecule has 0 unspecified atom stereocenters. The lowest BCUT2D eigenvalue weighted by atomic mass is 9.70. The molecule has 1 amide bonds. The molecular weight excluding hydrogens is 452 g/mol. The fourth-order valence-corrected chi connectivity index (χ4v) is 7.44. The average molecular weight is 479 g/mol. The molecule has 176 valence electrons. The van der Waals surface area contributed by atoms with Crippen molar-refractivity contribution in [3.05, 3.63) is 66.4 Å². The van der Waals surface area contributed by atoms with Crippen LogP contribution in [0, 0.1) is 16.7 Å². The molecule has 2 saturated carbocycles. The third-order valence-electron chi connectivity index (χ3n) is 7.79. The lowest BCUT2D eigenvalue weighted by Gasteiger charge is -2.35. The number of amides is 1. The van der Waals surface area contributed by atoms with Crippen LogP contribution in [0.3, 0.4) is 0 Å². The summed E-state index contributed by atoms with van der Waals surface area (Å²) in [6.07, 6.45) is 3.43. The van der Waals surface area contributed by atoms with Gasteiger partial charge >= 0.3 is 10.1 Å². The van der Waals surface area contributed by atoms with Crippen LogP contribution in [0.2, 0.25) is 0 Å². The van der Waals surface area contributed by atoms with Crippen LogP contribution in [0.5, 0.6) is 5.75 Å². The number of hydrogen-bond donors (Lipinski definition) is 1. The summed E-state index contributed by atoms with van der Waals surface area (Å²) in [5, 5.41) is 3.29. The minimum atomic E-state index is -4.07. The Morgan fingerprint density at radius 3 is 2.56 bits per heavy atom. The first kappa shape index (κ1) is 22.5. The van der Waals surface area contributed by atoms with Crippen molar-refractivity contribution in [2.45, 2.75) is 33.1 Å². The van der Waals surface area contributed by atoms with Crippen LogP contribution in [0.1, 0.15) is 43.5 Å². The van der Waals surface area contributed by atoms with Gasteiger partial charge < -0.3 is 9.50 Å². The molecule has 34 heavy (non-hydrogen) atoms. The molecule has 5 rings (SSSR count). The summed E-state index contributed by atoms with van der Waals surface area (Å²) in [5.74, 6) is -0.281. The number of fused-ring (bicyclic) bond motifs is 3. The topological polar surface area (TPSA) is 102 Å². The zero-order valence-corrected chi connectivity index (χ0v) is 19.9. The normalized spacial score (nSPS) is 23.2. The summed E-state index contributed by atoms with van der Waals surface area (Å²) in [6.45, 7) is 3.99. The number of hydrogen-bond acceptors (Lipinski definition) is 6. The van der Waals surface area contributed by atoms with E-state index in [4.69, 9.17) is 4.18 Å². The van der Waals surface area contributed by atoms with E-state index in [0.717, 1.165) is 6.42 Å². The highest BCUT2D eigenvalue weighted by Crippen LogP contribution is 2.64. The van der Waals surface area contributed by atoms with Crippen molar-refractivity contribution in [3.63, 3.8) is 0 Å². The number of Topliss-reactive ketones (excluding diaryl/α,β-unsaturated/α-hetero) is 1. The predicted molar refractivity (Wildman–Crippen MR) is 129 cm³/mol. The highest BCUT2D eigenvalue weighted by molar-refractivity contribution is 7.87. The second-order valence-electron chi connectivity index (χ2n) is 9.78. The highest BCUT2D eigenvalue weighted by atomic mass is 32.2. The molecule has 7 nitrogen and oxygen atoms in total. The Bertz CT molecular complexity index is 1400. The zero-order valence-electron chi connectivity index (χ0n) is 19.1. The second kappa shape index (κ2) is 7.91. The lowest BCUT2D eigenvalue weighted by Crippen LogP contribution is -2.43. The number of carbonyl (C=O) groups excluding carboxylic acids is 2. The summed E-state index contributed by atoms with van der Waals surface area (Å²) >= 11 is 0. The first-order chi connectivity index (χ1) is 16.1. The Hall–Kier alpha value is -3.26. The van der Waals surface area contributed by atoms with E-state index in [9.17, 15) is 18.0 Å². The van der Waals surface area contributed by atoms with Crippen molar-refractivity contribution in [2.24, 2.45) is 16.7 Å². The molecule has 3 aromatic rings. The van der Waals surface area contributed by atoms with Gasteiger partial charge in [-0.2, -0.15) is 8.42 Å². The van der Waals surface area contributed by atoms with E-state index in [1.165, 1.54) is 6.07 Å². The molecule has 8 heteroatoms. The fraction of sp³-hybridized carbons (Fsp3) is 0.346. The Kier molecular flexibility index (Phi) is 5.24. The summed E-state index contributed by atoms with van der Waals surface area (Å²) in [5.41, 5.74) is 0.0611. The van der Waals surface area contributed by atoms with E-state index in [-0.39, 0.29) is 34.5 Å². The third-order valence-corrected chi connectivity index (χ3v) is 9.07. The van der Waals surface area contributed by atoms with Gasteiger partial charge in [0.1, 0.15) is 5.78 Å². The van der Waals surface area contributed by atoms with E-state index < -0.39 is 15.5 Å². The van der Waals surface area contributed by atoms with E-state index in [2.05, 4.69) is 10.3 Å². The van der Waals surface area contributed by atoms with Crippen LogP contribution < -0.4 is 9.50 Å². The van der Waals surface area contributed by atoms with Gasteiger partial charge in [0, 0.05) is 23.6 Å². The van der Waals surface area contributed by atoms with Crippen molar-refractivity contribution in [1.29, 1.82) is 0 Å². The van der Waals surface area contributed by atoms with E-state index in [1.807, 2.05) is 19.9 Å². The molecule has 2 atom stereocenters. The SMILES string of the molecule is CC1(C)[C@@H]2CC[C@@]1(CS(=O)(=O)Oc1ccc(NC(=O)c3ccccc3)c3ncccc13)C(=O)C2. The summed E-state index contributed by atoms with van der Waals surface area (Å²) in [6, 6.07) is 15.2. The quantitative estimate of drug-likeness (QED) is 0.520. The van der Waals surface area contributed by atoms with Crippen LogP contribution in [0.4, 0.5) is 5.69 Å². The molecule has 1 N–H and O–H groups in total. The number of rotatable bonds is 6. The zero-order chi connectivity index (χ0) is 24.1. The number of benzene rings is 2. The van der Waals surface area contributed by atoms with Crippen LogP contribution in [-0.4, -0.2) is 30.8 Å². The molecule has 0 radical (unpaired) electrons. The molecule has 2 aliphatic rings. The number of ketones is 1. The minimum absolute atomic E-state index is 0.0198. The van der Waals surface area contributed by atoms with Gasteiger partial charge in [-0.3, -0.25) is 14.6 Å². The average Bonchev–Trinajstić information content (AvgIpc) is 3.15. The van der Waals surface area contributed by atoms with Crippen molar-refractivity contribution in [3.8, 4) is 5.75 Å². The summed E-state index contributed by atoms with van der Waals surface area (Å²) < 4.78 is 32.0. The van der Waals surface area contributed by atoms with Gasteiger partial charge in [-0.25, -0.2) is 0 Å². The maximum Gasteiger partial charge on any atom is 0.310 e. The molecule has 2 bridgehead atoms. The molecular formula is C26H26N2O5S. The third kappa shape index (κ3) is 3.57. The van der Waals surface area contributed by atoms with Crippen LogP contribution in [-0.2, 0) is 14.9 Å². The predicted octanol–water partition coefficient (Wildman–Crippen LogP) is 4.59. The number of nitrogens with one attached hydrogen (secondary N) is 1. The Morgan fingerprint density at radius 1 is 1.12 bits per heavy atom. The van der Waals surface area contributed by atoms with Crippen LogP contribution >= 0.6 is 0 Å². The number of nitrogens with zero attached hydrogens (tertiary/aromatic N) is 1. The van der Waals surface area contributed by atoms with E-state index in [1.54, 1.807) is 48.7 Å². The summed E-state index contributed by atoms with van der Waals surface area (Å²) in [4.78, 5) is 29.8. The molecule has 2 fully saturated rings. The van der Waals surface area contributed by atoms with Gasteiger partial charge in [-0.1, -0.05) is 32.0 Å².